The number of nitrogens with one attached hydrogen (secondary N) is 1. The molecule has 5 heteroatoms. The molecule has 0 spiro atoms. The summed E-state index contributed by atoms with van der Waals surface area (Å²) in [6, 6.07) is 19.5. The van der Waals surface area contributed by atoms with Gasteiger partial charge in [-0.1, -0.05) is 48.5 Å². The molecule has 1 aromatic heterocycles. The molecule has 30 heavy (non-hydrogen) atoms. The summed E-state index contributed by atoms with van der Waals surface area (Å²) in [7, 11) is 1.68. The van der Waals surface area contributed by atoms with Crippen molar-refractivity contribution in [2.75, 3.05) is 13.7 Å². The highest BCUT2D eigenvalue weighted by Gasteiger charge is 2.38. The molecule has 1 fully saturated rings. The van der Waals surface area contributed by atoms with Crippen LogP contribution in [0.25, 0.3) is 21.7 Å². The van der Waals surface area contributed by atoms with Crippen LogP contribution >= 0.6 is 0 Å². The summed E-state index contributed by atoms with van der Waals surface area (Å²) in [6.07, 6.45) is 3.75. The zero-order chi connectivity index (χ0) is 20.7. The molecule has 5 nitrogen and oxygen atoms in total. The lowest BCUT2D eigenvalue weighted by Gasteiger charge is -2.31. The molecule has 1 aliphatic rings. The van der Waals surface area contributed by atoms with E-state index in [4.69, 9.17) is 4.74 Å². The molecule has 0 bridgehead atoms. The van der Waals surface area contributed by atoms with E-state index in [1.807, 2.05) is 48.7 Å². The van der Waals surface area contributed by atoms with Crippen LogP contribution in [0.5, 0.6) is 5.75 Å². The van der Waals surface area contributed by atoms with E-state index in [0.29, 0.717) is 0 Å². The Morgan fingerprint density at radius 3 is 2.57 bits per heavy atom. The van der Waals surface area contributed by atoms with E-state index in [1.165, 1.54) is 0 Å². The second kappa shape index (κ2) is 7.50. The number of aromatic amines is 1. The number of hydrogen-bond acceptors (Lipinski definition) is 3. The van der Waals surface area contributed by atoms with Crippen molar-refractivity contribution in [2.45, 2.75) is 24.9 Å². The lowest BCUT2D eigenvalue weighted by molar-refractivity contribution is -0.144. The SMILES string of the molecule is COc1ccc([C@H]2CCCN2[C@H](C(=O)O)c2c[nH]c3ccccc23)c2ccccc12. The number of rotatable bonds is 5. The molecule has 1 aliphatic heterocycles. The Balaban J connectivity index is 1.62. The molecule has 5 rings (SSSR count). The Morgan fingerprint density at radius 2 is 1.80 bits per heavy atom. The van der Waals surface area contributed by atoms with Crippen LogP contribution in [0.1, 0.15) is 36.1 Å². The predicted molar refractivity (Wildman–Crippen MR) is 118 cm³/mol. The number of fused-ring (bicyclic) bond motifs is 2. The van der Waals surface area contributed by atoms with Gasteiger partial charge in [-0.05, 0) is 42.5 Å². The second-order valence-corrected chi connectivity index (χ2v) is 7.83. The Morgan fingerprint density at radius 1 is 1.07 bits per heavy atom. The van der Waals surface area contributed by atoms with Crippen molar-refractivity contribution in [1.29, 1.82) is 0 Å². The van der Waals surface area contributed by atoms with Gasteiger partial charge in [-0.25, -0.2) is 0 Å². The first kappa shape index (κ1) is 18.7. The minimum atomic E-state index is -0.815. The van der Waals surface area contributed by atoms with Crippen molar-refractivity contribution in [2.24, 2.45) is 0 Å². The second-order valence-electron chi connectivity index (χ2n) is 7.83. The third-order valence-electron chi connectivity index (χ3n) is 6.27. The quantitative estimate of drug-likeness (QED) is 0.478. The van der Waals surface area contributed by atoms with Crippen LogP contribution < -0.4 is 4.74 Å². The van der Waals surface area contributed by atoms with E-state index < -0.39 is 12.0 Å². The van der Waals surface area contributed by atoms with E-state index in [9.17, 15) is 9.90 Å². The number of nitrogens with zero attached hydrogens (tertiary/aromatic N) is 1. The lowest BCUT2D eigenvalue weighted by Crippen LogP contribution is -2.33. The van der Waals surface area contributed by atoms with Crippen LogP contribution in [-0.4, -0.2) is 34.6 Å². The minimum Gasteiger partial charge on any atom is -0.496 e. The van der Waals surface area contributed by atoms with E-state index >= 15 is 0 Å². The Kier molecular flexibility index (Phi) is 4.68. The van der Waals surface area contributed by atoms with Crippen LogP contribution in [0, 0.1) is 0 Å². The number of ether oxygens (including phenoxy) is 1. The summed E-state index contributed by atoms with van der Waals surface area (Å²) in [5.41, 5.74) is 2.95. The number of benzene rings is 3. The number of para-hydroxylation sites is 1. The minimum absolute atomic E-state index is 0.0376. The highest BCUT2D eigenvalue weighted by atomic mass is 16.5. The Hall–Kier alpha value is -3.31. The smallest absolute Gasteiger partial charge is 0.325 e. The fraction of sp³-hybridized carbons (Fsp3) is 0.240. The van der Waals surface area contributed by atoms with Gasteiger partial charge in [-0.15, -0.1) is 0 Å². The highest BCUT2D eigenvalue weighted by Crippen LogP contribution is 2.43. The zero-order valence-electron chi connectivity index (χ0n) is 16.8. The van der Waals surface area contributed by atoms with E-state index in [2.05, 4.69) is 28.1 Å². The number of carbonyl (C=O) groups is 1. The largest absolute Gasteiger partial charge is 0.496 e. The number of methoxy groups -OCH3 is 1. The topological polar surface area (TPSA) is 65.6 Å². The van der Waals surface area contributed by atoms with Gasteiger partial charge < -0.3 is 14.8 Å². The number of H-pyrrole nitrogens is 1. The summed E-state index contributed by atoms with van der Waals surface area (Å²) in [6.45, 7) is 0.751. The molecule has 0 aliphatic carbocycles. The Bertz CT molecular complexity index is 1230. The normalized spacial score (nSPS) is 18.1. The van der Waals surface area contributed by atoms with Gasteiger partial charge in [0.05, 0.1) is 7.11 Å². The molecular formula is C25H24N2O3. The maximum absolute atomic E-state index is 12.5. The first-order valence-electron chi connectivity index (χ1n) is 10.3. The first-order valence-corrected chi connectivity index (χ1v) is 10.3. The van der Waals surface area contributed by atoms with Crippen LogP contribution in [-0.2, 0) is 4.79 Å². The number of aromatic nitrogens is 1. The van der Waals surface area contributed by atoms with Crippen molar-refractivity contribution in [1.82, 2.24) is 9.88 Å². The number of carboxylic acids is 1. The predicted octanol–water partition coefficient (Wildman–Crippen LogP) is 5.29. The molecule has 4 aromatic rings. The van der Waals surface area contributed by atoms with Gasteiger partial charge in [0.25, 0.3) is 0 Å². The summed E-state index contributed by atoms with van der Waals surface area (Å²) in [5.74, 6) is 0.0229. The van der Waals surface area contributed by atoms with Gasteiger partial charge in [0.15, 0.2) is 0 Å². The lowest BCUT2D eigenvalue weighted by atomic mass is 9.95. The number of carboxylic acid groups (broad SMARTS) is 1. The van der Waals surface area contributed by atoms with Crippen LogP contribution in [0.15, 0.2) is 66.9 Å². The molecule has 0 amide bonds. The summed E-state index contributed by atoms with van der Waals surface area (Å²) >= 11 is 0. The summed E-state index contributed by atoms with van der Waals surface area (Å²) in [4.78, 5) is 17.9. The average Bonchev–Trinajstić information content (AvgIpc) is 3.41. The van der Waals surface area contributed by atoms with Gasteiger partial charge in [0.2, 0.25) is 0 Å². The van der Waals surface area contributed by atoms with Gasteiger partial charge in [0, 0.05) is 34.1 Å². The summed E-state index contributed by atoms with van der Waals surface area (Å²) in [5, 5.41) is 13.4. The molecule has 152 valence electrons. The van der Waals surface area contributed by atoms with E-state index in [0.717, 1.165) is 57.9 Å². The maximum atomic E-state index is 12.5. The molecular weight excluding hydrogens is 376 g/mol. The average molecular weight is 400 g/mol. The molecule has 2 atom stereocenters. The molecule has 3 aromatic carbocycles. The van der Waals surface area contributed by atoms with Gasteiger partial charge in [-0.2, -0.15) is 0 Å². The van der Waals surface area contributed by atoms with Crippen molar-refractivity contribution in [3.63, 3.8) is 0 Å². The van der Waals surface area contributed by atoms with Gasteiger partial charge in [0.1, 0.15) is 11.8 Å². The third-order valence-corrected chi connectivity index (χ3v) is 6.27. The van der Waals surface area contributed by atoms with Crippen LogP contribution in [0.2, 0.25) is 0 Å². The molecule has 2 N–H and O–H groups in total. The van der Waals surface area contributed by atoms with Crippen molar-refractivity contribution in [3.05, 3.63) is 78.0 Å². The molecule has 0 unspecified atom stereocenters. The summed E-state index contributed by atoms with van der Waals surface area (Å²) < 4.78 is 5.55. The van der Waals surface area contributed by atoms with Gasteiger partial charge >= 0.3 is 5.97 Å². The zero-order valence-corrected chi connectivity index (χ0v) is 16.8. The van der Waals surface area contributed by atoms with Crippen LogP contribution in [0.4, 0.5) is 0 Å². The van der Waals surface area contributed by atoms with Crippen molar-refractivity contribution < 1.29 is 14.6 Å². The molecule has 1 saturated heterocycles. The molecule has 2 heterocycles. The highest BCUT2D eigenvalue weighted by molar-refractivity contribution is 5.92. The number of aliphatic carboxylic acids is 1. The maximum Gasteiger partial charge on any atom is 0.325 e. The van der Waals surface area contributed by atoms with Crippen molar-refractivity contribution in [3.8, 4) is 5.75 Å². The monoisotopic (exact) mass is 400 g/mol. The number of hydrogen-bond donors (Lipinski definition) is 2. The molecule has 0 saturated carbocycles. The standard InChI is InChI=1S/C25H24N2O3/c1-30-23-13-12-18(16-7-2-3-9-19(16)23)22-11-6-14-27(22)24(25(28)29)20-15-26-21-10-5-4-8-17(20)21/h2-5,7-10,12-13,15,22,24,26H,6,11,14H2,1H3,(H,28,29)/t22-,24+/m1/s1. The fourth-order valence-electron chi connectivity index (χ4n) is 4.97. The van der Waals surface area contributed by atoms with E-state index in [-0.39, 0.29) is 6.04 Å². The third kappa shape index (κ3) is 2.94. The first-order chi connectivity index (χ1) is 14.7. The Labute approximate surface area is 174 Å². The van der Waals surface area contributed by atoms with Crippen LogP contribution in [0.3, 0.4) is 0 Å². The van der Waals surface area contributed by atoms with Gasteiger partial charge in [-0.3, -0.25) is 9.69 Å². The number of likely N-dealkylation sites (tertiary alicyclic amines) is 1. The fourth-order valence-corrected chi connectivity index (χ4v) is 4.97. The van der Waals surface area contributed by atoms with E-state index in [1.54, 1.807) is 7.11 Å². The molecule has 0 radical (unpaired) electrons. The van der Waals surface area contributed by atoms with Crippen molar-refractivity contribution >= 4 is 27.6 Å².